The maximum atomic E-state index is 14.3. The van der Waals surface area contributed by atoms with E-state index in [1.807, 2.05) is 43.3 Å². The molecule has 0 unspecified atom stereocenters. The standard InChI is InChI=1S/C42H58O4/c1-9-45-35(43)18-15-30-19-22-39(6)33(38(30,4)5)21-23-41(8)34(39)17-16-32-36-31(28(2)3)20-24-42(36,26-25-40(32,41)7)37(44)46-27-29-13-11-10-12-14-29/h10-15,18-19,31-34,36H,2,9,16-17,20-27H2,1,3-8H3/b18-15+/t31-,32+,33-,34+,36+,39-,40+,41+,42-/m0/s1. The van der Waals surface area contributed by atoms with Crippen LogP contribution in [0.4, 0.5) is 0 Å². The van der Waals surface area contributed by atoms with Crippen molar-refractivity contribution in [2.45, 2.75) is 113 Å². The lowest BCUT2D eigenvalue weighted by Crippen LogP contribution is -2.66. The Hall–Kier alpha value is -2.62. The zero-order chi connectivity index (χ0) is 33.1. The summed E-state index contributed by atoms with van der Waals surface area (Å²) in [7, 11) is 0. The van der Waals surface area contributed by atoms with Crippen LogP contribution >= 0.6 is 0 Å². The van der Waals surface area contributed by atoms with E-state index in [1.165, 1.54) is 36.8 Å². The van der Waals surface area contributed by atoms with Crippen LogP contribution in [0.25, 0.3) is 0 Å². The molecule has 4 heteroatoms. The first kappa shape index (κ1) is 33.3. The van der Waals surface area contributed by atoms with Crippen molar-refractivity contribution in [3.63, 3.8) is 0 Å². The molecule has 0 radical (unpaired) electrons. The number of allylic oxidation sites excluding steroid dienone is 4. The van der Waals surface area contributed by atoms with E-state index in [0.29, 0.717) is 42.8 Å². The summed E-state index contributed by atoms with van der Waals surface area (Å²) >= 11 is 0. The molecule has 5 aliphatic carbocycles. The van der Waals surface area contributed by atoms with Gasteiger partial charge in [-0.05, 0) is 134 Å². The molecule has 0 spiro atoms. The van der Waals surface area contributed by atoms with E-state index in [0.717, 1.165) is 37.7 Å². The van der Waals surface area contributed by atoms with Crippen LogP contribution in [0.5, 0.6) is 0 Å². The fourth-order valence-electron chi connectivity index (χ4n) is 12.6. The number of ether oxygens (including phenoxy) is 2. The van der Waals surface area contributed by atoms with Crippen molar-refractivity contribution in [2.24, 2.45) is 56.7 Å². The van der Waals surface area contributed by atoms with E-state index in [2.05, 4.69) is 54.2 Å². The molecule has 1 aromatic carbocycles. The normalized spacial score (nSPS) is 40.9. The predicted octanol–water partition coefficient (Wildman–Crippen LogP) is 10.0. The predicted molar refractivity (Wildman–Crippen MR) is 184 cm³/mol. The third-order valence-electron chi connectivity index (χ3n) is 15.0. The topological polar surface area (TPSA) is 52.6 Å². The minimum atomic E-state index is -0.400. The van der Waals surface area contributed by atoms with Gasteiger partial charge in [-0.15, -0.1) is 0 Å². The lowest BCUT2D eigenvalue weighted by Gasteiger charge is -2.72. The van der Waals surface area contributed by atoms with Crippen molar-refractivity contribution < 1.29 is 19.1 Å². The minimum Gasteiger partial charge on any atom is -0.463 e. The maximum Gasteiger partial charge on any atom is 0.330 e. The smallest absolute Gasteiger partial charge is 0.330 e. The van der Waals surface area contributed by atoms with Crippen molar-refractivity contribution in [3.8, 4) is 0 Å². The van der Waals surface area contributed by atoms with Crippen LogP contribution in [0.2, 0.25) is 0 Å². The number of hydrogen-bond acceptors (Lipinski definition) is 4. The Morgan fingerprint density at radius 2 is 1.63 bits per heavy atom. The van der Waals surface area contributed by atoms with Gasteiger partial charge in [-0.1, -0.05) is 89.3 Å². The van der Waals surface area contributed by atoms with E-state index in [9.17, 15) is 9.59 Å². The van der Waals surface area contributed by atoms with Crippen LogP contribution in [0, 0.1) is 56.7 Å². The Labute approximate surface area is 278 Å². The summed E-state index contributed by atoms with van der Waals surface area (Å²) in [6, 6.07) is 10.1. The van der Waals surface area contributed by atoms with Crippen molar-refractivity contribution in [2.75, 3.05) is 6.61 Å². The second-order valence-corrected chi connectivity index (χ2v) is 17.1. The highest BCUT2D eigenvalue weighted by molar-refractivity contribution is 5.82. The van der Waals surface area contributed by atoms with Crippen LogP contribution in [-0.2, 0) is 25.7 Å². The van der Waals surface area contributed by atoms with Crippen LogP contribution < -0.4 is 0 Å². The molecule has 1 aromatic rings. The van der Waals surface area contributed by atoms with Gasteiger partial charge in [0.05, 0.1) is 12.0 Å². The average Bonchev–Trinajstić information content (AvgIpc) is 3.42. The first-order valence-electron chi connectivity index (χ1n) is 18.2. The number of fused-ring (bicyclic) bond motifs is 7. The Morgan fingerprint density at radius 3 is 2.33 bits per heavy atom. The van der Waals surface area contributed by atoms with Crippen LogP contribution in [0.3, 0.4) is 0 Å². The first-order chi connectivity index (χ1) is 21.7. The Morgan fingerprint density at radius 1 is 0.891 bits per heavy atom. The third-order valence-corrected chi connectivity index (χ3v) is 15.0. The Bertz CT molecular complexity index is 1420. The molecular formula is C42H58O4. The lowest BCUT2D eigenvalue weighted by atomic mass is 9.32. The monoisotopic (exact) mass is 626 g/mol. The van der Waals surface area contributed by atoms with Crippen LogP contribution in [0.15, 0.2) is 66.3 Å². The van der Waals surface area contributed by atoms with Gasteiger partial charge in [0.15, 0.2) is 0 Å². The summed E-state index contributed by atoms with van der Waals surface area (Å²) in [6.45, 7) is 22.0. The quantitative estimate of drug-likeness (QED) is 0.172. The number of carbonyl (C=O) groups is 2. The zero-order valence-corrected chi connectivity index (χ0v) is 29.6. The average molecular weight is 627 g/mol. The molecule has 0 N–H and O–H groups in total. The van der Waals surface area contributed by atoms with Crippen molar-refractivity contribution in [3.05, 3.63) is 71.8 Å². The van der Waals surface area contributed by atoms with Crippen molar-refractivity contribution >= 4 is 11.9 Å². The number of carbonyl (C=O) groups excluding carboxylic acids is 2. The van der Waals surface area contributed by atoms with Gasteiger partial charge in [0.25, 0.3) is 0 Å². The third kappa shape index (κ3) is 4.90. The van der Waals surface area contributed by atoms with Gasteiger partial charge in [-0.3, -0.25) is 4.79 Å². The van der Waals surface area contributed by atoms with Gasteiger partial charge >= 0.3 is 11.9 Å². The molecule has 250 valence electrons. The summed E-state index contributed by atoms with van der Waals surface area (Å²) in [5.41, 5.74) is 3.72. The molecule has 5 aliphatic rings. The second kappa shape index (κ2) is 11.8. The van der Waals surface area contributed by atoms with E-state index >= 15 is 0 Å². The van der Waals surface area contributed by atoms with Crippen molar-refractivity contribution in [1.82, 2.24) is 0 Å². The van der Waals surface area contributed by atoms with Crippen LogP contribution in [0.1, 0.15) is 112 Å². The van der Waals surface area contributed by atoms with Gasteiger partial charge in [-0.25, -0.2) is 4.79 Å². The van der Waals surface area contributed by atoms with E-state index < -0.39 is 5.41 Å². The Kier molecular flexibility index (Phi) is 8.55. The zero-order valence-electron chi connectivity index (χ0n) is 29.6. The molecule has 0 heterocycles. The van der Waals surface area contributed by atoms with Crippen molar-refractivity contribution in [1.29, 1.82) is 0 Å². The SMILES string of the molecule is C=C(C)[C@@H]1CC[C@]2(C(=O)OCc3ccccc3)CC[C@]3(C)[C@H](CC[C@@H]4[C@@]5(C)CC=C(/C=C/C(=O)OCC)C(C)(C)[C@@H]5CC[C@]43C)[C@@H]12. The molecule has 0 saturated heterocycles. The summed E-state index contributed by atoms with van der Waals surface area (Å²) in [6.07, 6.45) is 16.0. The molecule has 0 aliphatic heterocycles. The minimum absolute atomic E-state index is 0.0180. The maximum absolute atomic E-state index is 14.3. The van der Waals surface area contributed by atoms with Gasteiger partial charge in [0.1, 0.15) is 6.61 Å². The van der Waals surface area contributed by atoms with Gasteiger partial charge in [-0.2, -0.15) is 0 Å². The molecular weight excluding hydrogens is 568 g/mol. The van der Waals surface area contributed by atoms with Crippen LogP contribution in [-0.4, -0.2) is 18.5 Å². The summed E-state index contributed by atoms with van der Waals surface area (Å²) < 4.78 is 11.4. The second-order valence-electron chi connectivity index (χ2n) is 17.1. The largest absolute Gasteiger partial charge is 0.463 e. The summed E-state index contributed by atoms with van der Waals surface area (Å²) in [5.74, 6) is 2.13. The number of benzene rings is 1. The number of esters is 2. The lowest BCUT2D eigenvalue weighted by molar-refractivity contribution is -0.230. The molecule has 4 nitrogen and oxygen atoms in total. The highest BCUT2D eigenvalue weighted by Gasteiger charge is 2.71. The fraction of sp³-hybridized carbons (Fsp3) is 0.667. The van der Waals surface area contributed by atoms with Gasteiger partial charge < -0.3 is 9.47 Å². The Balaban J connectivity index is 1.30. The molecule has 0 aromatic heterocycles. The van der Waals surface area contributed by atoms with E-state index in [1.54, 1.807) is 6.08 Å². The van der Waals surface area contributed by atoms with E-state index in [-0.39, 0.29) is 33.6 Å². The molecule has 4 fully saturated rings. The number of rotatable bonds is 7. The summed E-state index contributed by atoms with van der Waals surface area (Å²) in [5, 5.41) is 0. The highest BCUT2D eigenvalue weighted by atomic mass is 16.5. The molecule has 46 heavy (non-hydrogen) atoms. The number of hydrogen-bond donors (Lipinski definition) is 0. The van der Waals surface area contributed by atoms with Gasteiger partial charge in [0, 0.05) is 6.08 Å². The van der Waals surface area contributed by atoms with E-state index in [4.69, 9.17) is 9.47 Å². The molecule has 9 atom stereocenters. The fourth-order valence-corrected chi connectivity index (χ4v) is 12.6. The molecule has 6 rings (SSSR count). The first-order valence-corrected chi connectivity index (χ1v) is 18.2. The summed E-state index contributed by atoms with van der Waals surface area (Å²) in [4.78, 5) is 26.4. The van der Waals surface area contributed by atoms with Gasteiger partial charge in [0.2, 0.25) is 0 Å². The molecule has 4 saturated carbocycles. The highest BCUT2D eigenvalue weighted by Crippen LogP contribution is 2.77. The molecule has 0 amide bonds. The molecule has 0 bridgehead atoms.